The second-order valence-corrected chi connectivity index (χ2v) is 5.48. The highest BCUT2D eigenvalue weighted by Crippen LogP contribution is 2.38. The molecule has 0 aliphatic heterocycles. The Bertz CT molecular complexity index is 590. The number of hydrogen-bond donors (Lipinski definition) is 1. The second kappa shape index (κ2) is 5.25. The molecule has 2 aromatic heterocycles. The highest BCUT2D eigenvalue weighted by Gasteiger charge is 2.28. The molecule has 0 spiro atoms. The Kier molecular flexibility index (Phi) is 3.44. The number of aliphatic hydroxyl groups excluding tert-OH is 1. The van der Waals surface area contributed by atoms with Crippen LogP contribution in [0.1, 0.15) is 50.1 Å². The first kappa shape index (κ1) is 13.1. The molecular weight excluding hydrogens is 254 g/mol. The summed E-state index contributed by atoms with van der Waals surface area (Å²) in [7, 11) is 0. The lowest BCUT2D eigenvalue weighted by molar-refractivity contribution is 0.206. The van der Waals surface area contributed by atoms with Gasteiger partial charge in [0.15, 0.2) is 0 Å². The fourth-order valence-corrected chi connectivity index (χ4v) is 2.28. The van der Waals surface area contributed by atoms with Gasteiger partial charge in [0, 0.05) is 17.8 Å². The van der Waals surface area contributed by atoms with Crippen molar-refractivity contribution in [2.24, 2.45) is 0 Å². The van der Waals surface area contributed by atoms with Gasteiger partial charge >= 0.3 is 0 Å². The van der Waals surface area contributed by atoms with Crippen molar-refractivity contribution in [1.29, 1.82) is 0 Å². The fraction of sp³-hybridized carbons (Fsp3) is 0.467. The zero-order chi connectivity index (χ0) is 14.1. The Morgan fingerprint density at radius 1 is 1.25 bits per heavy atom. The van der Waals surface area contributed by atoms with Crippen LogP contribution in [0.4, 0.5) is 0 Å². The van der Waals surface area contributed by atoms with E-state index >= 15 is 0 Å². The maximum atomic E-state index is 10.5. The van der Waals surface area contributed by atoms with Gasteiger partial charge < -0.3 is 14.4 Å². The fourth-order valence-electron chi connectivity index (χ4n) is 2.28. The molecule has 106 valence electrons. The lowest BCUT2D eigenvalue weighted by Gasteiger charge is -2.15. The summed E-state index contributed by atoms with van der Waals surface area (Å²) in [6.07, 6.45) is 8.52. The number of hydrogen-bond acceptors (Lipinski definition) is 4. The van der Waals surface area contributed by atoms with Crippen LogP contribution in [0.2, 0.25) is 0 Å². The van der Waals surface area contributed by atoms with Crippen molar-refractivity contribution in [3.8, 4) is 5.75 Å². The minimum atomic E-state index is -0.721. The quantitative estimate of drug-likeness (QED) is 0.909. The Balaban J connectivity index is 1.85. The van der Waals surface area contributed by atoms with E-state index in [1.54, 1.807) is 24.9 Å². The molecule has 0 saturated heterocycles. The predicted molar refractivity (Wildman–Crippen MR) is 74.6 cm³/mol. The SMILES string of the molecule is CC(C)Oc1cncc(C(O)c2cncn2C2CC2)c1. The van der Waals surface area contributed by atoms with Crippen LogP contribution in [0.3, 0.4) is 0 Å². The first-order valence-corrected chi connectivity index (χ1v) is 6.96. The van der Waals surface area contributed by atoms with Crippen LogP contribution in [-0.4, -0.2) is 25.7 Å². The molecule has 0 amide bonds. The molecule has 0 bridgehead atoms. The first-order chi connectivity index (χ1) is 9.65. The van der Waals surface area contributed by atoms with Gasteiger partial charge in [0.05, 0.1) is 30.5 Å². The van der Waals surface area contributed by atoms with E-state index in [9.17, 15) is 5.11 Å². The Morgan fingerprint density at radius 3 is 2.75 bits per heavy atom. The smallest absolute Gasteiger partial charge is 0.138 e. The zero-order valence-electron chi connectivity index (χ0n) is 11.7. The molecule has 1 saturated carbocycles. The highest BCUT2D eigenvalue weighted by molar-refractivity contribution is 5.30. The van der Waals surface area contributed by atoms with Crippen molar-refractivity contribution >= 4 is 0 Å². The number of rotatable bonds is 5. The maximum absolute atomic E-state index is 10.5. The summed E-state index contributed by atoms with van der Waals surface area (Å²) in [6, 6.07) is 2.33. The molecular formula is C15H19N3O2. The Morgan fingerprint density at radius 2 is 2.05 bits per heavy atom. The van der Waals surface area contributed by atoms with Crippen LogP contribution < -0.4 is 4.74 Å². The molecule has 5 heteroatoms. The molecule has 1 aliphatic carbocycles. The van der Waals surface area contributed by atoms with Crippen LogP contribution in [0.5, 0.6) is 5.75 Å². The molecule has 0 aromatic carbocycles. The third kappa shape index (κ3) is 2.67. The molecule has 0 radical (unpaired) electrons. The molecule has 5 nitrogen and oxygen atoms in total. The molecule has 1 N–H and O–H groups in total. The normalized spacial score (nSPS) is 16.4. The van der Waals surface area contributed by atoms with Gasteiger partial charge in [-0.3, -0.25) is 4.98 Å². The number of pyridine rings is 1. The van der Waals surface area contributed by atoms with E-state index in [1.165, 1.54) is 0 Å². The van der Waals surface area contributed by atoms with Crippen molar-refractivity contribution in [3.05, 3.63) is 42.2 Å². The lowest BCUT2D eigenvalue weighted by Crippen LogP contribution is -2.09. The van der Waals surface area contributed by atoms with Crippen molar-refractivity contribution in [3.63, 3.8) is 0 Å². The predicted octanol–water partition coefficient (Wildman–Crippen LogP) is 2.48. The molecule has 20 heavy (non-hydrogen) atoms. The van der Waals surface area contributed by atoms with E-state index in [0.717, 1.165) is 24.1 Å². The number of aliphatic hydroxyl groups is 1. The second-order valence-electron chi connectivity index (χ2n) is 5.48. The van der Waals surface area contributed by atoms with E-state index in [-0.39, 0.29) is 6.10 Å². The molecule has 2 heterocycles. The lowest BCUT2D eigenvalue weighted by atomic mass is 10.1. The standard InChI is InChI=1S/C15H19N3O2/c1-10(2)20-13-5-11(6-16-7-13)15(19)14-8-17-9-18(14)12-3-4-12/h5-10,12,15,19H,3-4H2,1-2H3. The summed E-state index contributed by atoms with van der Waals surface area (Å²) in [5.41, 5.74) is 1.54. The van der Waals surface area contributed by atoms with Gasteiger partial charge in [-0.05, 0) is 32.8 Å². The number of imidazole rings is 1. The van der Waals surface area contributed by atoms with E-state index < -0.39 is 6.10 Å². The van der Waals surface area contributed by atoms with Gasteiger partial charge in [-0.1, -0.05) is 0 Å². The Labute approximate surface area is 118 Å². The van der Waals surface area contributed by atoms with Gasteiger partial charge in [-0.2, -0.15) is 0 Å². The van der Waals surface area contributed by atoms with Gasteiger partial charge in [-0.25, -0.2) is 4.98 Å². The molecule has 1 fully saturated rings. The highest BCUT2D eigenvalue weighted by atomic mass is 16.5. The van der Waals surface area contributed by atoms with Crippen molar-refractivity contribution < 1.29 is 9.84 Å². The van der Waals surface area contributed by atoms with Gasteiger partial charge in [0.25, 0.3) is 0 Å². The monoisotopic (exact) mass is 273 g/mol. The topological polar surface area (TPSA) is 60.2 Å². The molecule has 3 rings (SSSR count). The maximum Gasteiger partial charge on any atom is 0.138 e. The summed E-state index contributed by atoms with van der Waals surface area (Å²) in [4.78, 5) is 8.30. The van der Waals surface area contributed by atoms with Gasteiger partial charge in [0.1, 0.15) is 11.9 Å². The van der Waals surface area contributed by atoms with Crippen LogP contribution in [0.15, 0.2) is 31.0 Å². The van der Waals surface area contributed by atoms with Crippen LogP contribution >= 0.6 is 0 Å². The average Bonchev–Trinajstić information content (AvgIpc) is 3.15. The largest absolute Gasteiger partial charge is 0.489 e. The summed E-state index contributed by atoms with van der Waals surface area (Å²) in [5.74, 6) is 0.675. The van der Waals surface area contributed by atoms with Gasteiger partial charge in [0.2, 0.25) is 0 Å². The molecule has 2 aromatic rings. The van der Waals surface area contributed by atoms with E-state index in [2.05, 4.69) is 14.5 Å². The zero-order valence-corrected chi connectivity index (χ0v) is 11.7. The molecule has 1 unspecified atom stereocenters. The number of aromatic nitrogens is 3. The number of nitrogens with zero attached hydrogens (tertiary/aromatic N) is 3. The average molecular weight is 273 g/mol. The third-order valence-corrected chi connectivity index (χ3v) is 3.34. The Hall–Kier alpha value is -1.88. The minimum absolute atomic E-state index is 0.0844. The summed E-state index contributed by atoms with van der Waals surface area (Å²) >= 11 is 0. The number of ether oxygens (including phenoxy) is 1. The summed E-state index contributed by atoms with van der Waals surface area (Å²) in [5, 5.41) is 10.5. The van der Waals surface area contributed by atoms with Crippen LogP contribution in [0.25, 0.3) is 0 Å². The van der Waals surface area contributed by atoms with Crippen LogP contribution in [-0.2, 0) is 0 Å². The first-order valence-electron chi connectivity index (χ1n) is 6.96. The molecule has 1 aliphatic rings. The van der Waals surface area contributed by atoms with Crippen LogP contribution in [0, 0.1) is 0 Å². The summed E-state index contributed by atoms with van der Waals surface area (Å²) in [6.45, 7) is 3.93. The van der Waals surface area contributed by atoms with E-state index in [4.69, 9.17) is 4.74 Å². The van der Waals surface area contributed by atoms with E-state index in [1.807, 2.05) is 19.9 Å². The van der Waals surface area contributed by atoms with Crippen molar-refractivity contribution in [1.82, 2.24) is 14.5 Å². The van der Waals surface area contributed by atoms with Crippen molar-refractivity contribution in [2.75, 3.05) is 0 Å². The van der Waals surface area contributed by atoms with Gasteiger partial charge in [-0.15, -0.1) is 0 Å². The molecule has 1 atom stereocenters. The van der Waals surface area contributed by atoms with E-state index in [0.29, 0.717) is 11.8 Å². The summed E-state index contributed by atoms with van der Waals surface area (Å²) < 4.78 is 7.67. The third-order valence-electron chi connectivity index (χ3n) is 3.34. The van der Waals surface area contributed by atoms with Crippen molar-refractivity contribution in [2.45, 2.75) is 44.9 Å². The minimum Gasteiger partial charge on any atom is -0.489 e.